The molecule has 2 aliphatic rings. The molecule has 1 fully saturated rings. The zero-order valence-electron chi connectivity index (χ0n) is 16.9. The first kappa shape index (κ1) is 20.5. The van der Waals surface area contributed by atoms with Crippen LogP contribution in [0.4, 0.5) is 10.1 Å². The zero-order valence-corrected chi connectivity index (χ0v) is 16.9. The molecule has 2 aliphatic heterocycles. The highest BCUT2D eigenvalue weighted by atomic mass is 19.1. The number of carbonyl (C=O) groups is 2. The van der Waals surface area contributed by atoms with Crippen LogP contribution in [-0.4, -0.2) is 59.3 Å². The van der Waals surface area contributed by atoms with Crippen LogP contribution in [0.2, 0.25) is 0 Å². The fourth-order valence-electron chi connectivity index (χ4n) is 4.09. The van der Waals surface area contributed by atoms with Gasteiger partial charge in [-0.2, -0.15) is 0 Å². The number of likely N-dealkylation sites (tertiary alicyclic amines) is 1. The highest BCUT2D eigenvalue weighted by Gasteiger charge is 2.60. The Kier molecular flexibility index (Phi) is 5.32. The molecular formula is C21H28FN3O3. The summed E-state index contributed by atoms with van der Waals surface area (Å²) in [4.78, 5) is 34.6. The van der Waals surface area contributed by atoms with Gasteiger partial charge in [-0.25, -0.2) is 9.18 Å². The normalized spacial score (nSPS) is 26.1. The minimum absolute atomic E-state index is 0.0748. The van der Waals surface area contributed by atoms with Crippen molar-refractivity contribution in [1.29, 1.82) is 0 Å². The highest BCUT2D eigenvalue weighted by Crippen LogP contribution is 2.41. The average molecular weight is 389 g/mol. The average Bonchev–Trinajstić information content (AvgIpc) is 3.14. The number of hydrogen-bond donors (Lipinski definition) is 1. The fourth-order valence-corrected chi connectivity index (χ4v) is 4.09. The largest absolute Gasteiger partial charge is 0.479 e. The monoisotopic (exact) mass is 389 g/mol. The molecule has 0 aromatic heterocycles. The smallest absolute Gasteiger partial charge is 0.343 e. The lowest BCUT2D eigenvalue weighted by Crippen LogP contribution is -2.69. The van der Waals surface area contributed by atoms with Crippen LogP contribution < -0.4 is 4.90 Å². The summed E-state index contributed by atoms with van der Waals surface area (Å²) < 4.78 is 14.0. The third kappa shape index (κ3) is 3.32. The van der Waals surface area contributed by atoms with E-state index >= 15 is 0 Å². The first-order valence-corrected chi connectivity index (χ1v) is 9.76. The minimum atomic E-state index is -2.03. The summed E-state index contributed by atoms with van der Waals surface area (Å²) in [5, 5.41) is 10.3. The van der Waals surface area contributed by atoms with Crippen LogP contribution >= 0.6 is 0 Å². The molecule has 2 atom stereocenters. The number of carboxylic acids is 1. The molecule has 0 saturated carbocycles. The van der Waals surface area contributed by atoms with Crippen molar-refractivity contribution in [1.82, 2.24) is 4.90 Å². The predicted molar refractivity (Wildman–Crippen MR) is 107 cm³/mol. The van der Waals surface area contributed by atoms with E-state index in [1.54, 1.807) is 12.3 Å². The molecule has 1 saturated heterocycles. The van der Waals surface area contributed by atoms with E-state index < -0.39 is 34.7 Å². The minimum Gasteiger partial charge on any atom is -0.479 e. The lowest BCUT2D eigenvalue weighted by atomic mass is 9.80. The van der Waals surface area contributed by atoms with Gasteiger partial charge in [0, 0.05) is 37.1 Å². The molecule has 0 bridgehead atoms. The van der Waals surface area contributed by atoms with E-state index in [1.807, 2.05) is 37.5 Å². The number of aliphatic carboxylic acids is 1. The van der Waals surface area contributed by atoms with Gasteiger partial charge < -0.3 is 10.0 Å². The Morgan fingerprint density at radius 1 is 1.36 bits per heavy atom. The molecule has 0 radical (unpaired) electrons. The number of ketones is 1. The van der Waals surface area contributed by atoms with Crippen LogP contribution in [-0.2, 0) is 4.79 Å². The number of Topliss-reactive ketones (excluding diaryl/α,β-unsaturated/α-hetero) is 1. The summed E-state index contributed by atoms with van der Waals surface area (Å²) in [7, 11) is 0. The quantitative estimate of drug-likeness (QED) is 0.632. The van der Waals surface area contributed by atoms with Crippen LogP contribution in [0.3, 0.4) is 0 Å². The molecule has 28 heavy (non-hydrogen) atoms. The van der Waals surface area contributed by atoms with Gasteiger partial charge in [-0.05, 0) is 43.4 Å². The van der Waals surface area contributed by atoms with E-state index in [9.17, 15) is 19.1 Å². The maximum Gasteiger partial charge on any atom is 0.343 e. The van der Waals surface area contributed by atoms with Crippen molar-refractivity contribution in [3.8, 4) is 0 Å². The number of anilines is 1. The number of carboxylic acid groups (broad SMARTS) is 1. The maximum absolute atomic E-state index is 14.0. The van der Waals surface area contributed by atoms with Gasteiger partial charge in [0.2, 0.25) is 5.78 Å². The van der Waals surface area contributed by atoms with Crippen molar-refractivity contribution in [3.63, 3.8) is 0 Å². The topological polar surface area (TPSA) is 73.2 Å². The third-order valence-electron chi connectivity index (χ3n) is 5.34. The maximum atomic E-state index is 14.0. The summed E-state index contributed by atoms with van der Waals surface area (Å²) in [5.41, 5.74) is -1.80. The SMILES string of the molecule is CCN1c2ccc(F)cc2C(=O)C(N=CC(C)(C)C)(C(=O)O)C1N1CCCC1. The third-order valence-corrected chi connectivity index (χ3v) is 5.34. The molecule has 0 aliphatic carbocycles. The Balaban J connectivity index is 2.29. The van der Waals surface area contributed by atoms with Crippen LogP contribution in [0, 0.1) is 11.2 Å². The predicted octanol–water partition coefficient (Wildman–Crippen LogP) is 3.21. The van der Waals surface area contributed by atoms with E-state index in [1.165, 1.54) is 6.07 Å². The van der Waals surface area contributed by atoms with Gasteiger partial charge in [0.25, 0.3) is 5.54 Å². The molecule has 1 N–H and O–H groups in total. The number of nitrogens with zero attached hydrogens (tertiary/aromatic N) is 3. The molecule has 0 amide bonds. The van der Waals surface area contributed by atoms with Crippen molar-refractivity contribution < 1.29 is 19.1 Å². The van der Waals surface area contributed by atoms with Crippen LogP contribution in [0.1, 0.15) is 50.9 Å². The van der Waals surface area contributed by atoms with Crippen molar-refractivity contribution >= 4 is 23.7 Å². The number of halogens is 1. The molecule has 2 unspecified atom stereocenters. The Labute approximate surface area is 165 Å². The number of likely N-dealkylation sites (N-methyl/N-ethyl adjacent to an activating group) is 1. The molecule has 6 nitrogen and oxygen atoms in total. The van der Waals surface area contributed by atoms with E-state index in [0.717, 1.165) is 18.9 Å². The Hall–Kier alpha value is -2.28. The van der Waals surface area contributed by atoms with E-state index in [2.05, 4.69) is 4.99 Å². The molecule has 1 aromatic carbocycles. The van der Waals surface area contributed by atoms with Crippen LogP contribution in [0.15, 0.2) is 23.2 Å². The van der Waals surface area contributed by atoms with E-state index in [-0.39, 0.29) is 5.56 Å². The van der Waals surface area contributed by atoms with Gasteiger partial charge in [-0.15, -0.1) is 0 Å². The van der Waals surface area contributed by atoms with Crippen LogP contribution in [0.5, 0.6) is 0 Å². The van der Waals surface area contributed by atoms with Crippen molar-refractivity contribution in [3.05, 3.63) is 29.6 Å². The standard InChI is InChI=1S/C21H28FN3O3/c1-5-25-16-9-8-14(22)12-15(16)17(26)21(19(27)28,23-13-20(2,3)4)18(25)24-10-6-7-11-24/h8-9,12-13,18H,5-7,10-11H2,1-4H3,(H,27,28). The van der Waals surface area contributed by atoms with Gasteiger partial charge in [-0.1, -0.05) is 20.8 Å². The van der Waals surface area contributed by atoms with E-state index in [0.29, 0.717) is 25.3 Å². The highest BCUT2D eigenvalue weighted by molar-refractivity contribution is 6.21. The summed E-state index contributed by atoms with van der Waals surface area (Å²) in [6.45, 7) is 9.48. The molecule has 2 heterocycles. The number of rotatable bonds is 4. The summed E-state index contributed by atoms with van der Waals surface area (Å²) >= 11 is 0. The molecule has 7 heteroatoms. The second-order valence-corrected chi connectivity index (χ2v) is 8.59. The Morgan fingerprint density at radius 2 is 2.00 bits per heavy atom. The van der Waals surface area contributed by atoms with Gasteiger partial charge in [0.05, 0.1) is 0 Å². The van der Waals surface area contributed by atoms with Gasteiger partial charge >= 0.3 is 5.97 Å². The van der Waals surface area contributed by atoms with Gasteiger partial charge in [-0.3, -0.25) is 14.7 Å². The first-order valence-electron chi connectivity index (χ1n) is 9.76. The zero-order chi connectivity index (χ0) is 20.7. The number of benzene rings is 1. The molecular weight excluding hydrogens is 361 g/mol. The fraction of sp³-hybridized carbons (Fsp3) is 0.571. The summed E-state index contributed by atoms with van der Waals surface area (Å²) in [5.74, 6) is -2.53. The Bertz CT molecular complexity index is 812. The second kappa shape index (κ2) is 7.28. The number of carbonyl (C=O) groups excluding carboxylic acids is 1. The van der Waals surface area contributed by atoms with Crippen molar-refractivity contribution in [2.24, 2.45) is 10.4 Å². The summed E-state index contributed by atoms with van der Waals surface area (Å²) in [6.07, 6.45) is 2.68. The van der Waals surface area contributed by atoms with Crippen molar-refractivity contribution in [2.45, 2.75) is 52.2 Å². The van der Waals surface area contributed by atoms with Gasteiger partial charge in [0.1, 0.15) is 12.0 Å². The molecule has 0 spiro atoms. The first-order chi connectivity index (χ1) is 13.1. The number of fused-ring (bicyclic) bond motifs is 1. The van der Waals surface area contributed by atoms with Crippen LogP contribution in [0.25, 0.3) is 0 Å². The lowest BCUT2D eigenvalue weighted by molar-refractivity contribution is -0.143. The molecule has 152 valence electrons. The van der Waals surface area contributed by atoms with Crippen molar-refractivity contribution in [2.75, 3.05) is 24.5 Å². The van der Waals surface area contributed by atoms with E-state index in [4.69, 9.17) is 0 Å². The second-order valence-electron chi connectivity index (χ2n) is 8.59. The lowest BCUT2D eigenvalue weighted by Gasteiger charge is -2.49. The number of hydrogen-bond acceptors (Lipinski definition) is 5. The molecule has 3 rings (SSSR count). The van der Waals surface area contributed by atoms with Gasteiger partial charge in [0.15, 0.2) is 0 Å². The molecule has 1 aromatic rings. The summed E-state index contributed by atoms with van der Waals surface area (Å²) in [6, 6.07) is 4.00. The number of aliphatic imine (C=N–C) groups is 1. The Morgan fingerprint density at radius 3 is 2.54 bits per heavy atom.